The molecule has 8 heteroatoms. The minimum absolute atomic E-state index is 0.234. The molecule has 1 aromatic heterocycles. The summed E-state index contributed by atoms with van der Waals surface area (Å²) in [5, 5.41) is 14.7. The summed E-state index contributed by atoms with van der Waals surface area (Å²) >= 11 is 0. The molecule has 1 fully saturated rings. The molecule has 0 spiro atoms. The van der Waals surface area contributed by atoms with E-state index in [1.807, 2.05) is 19.1 Å². The third kappa shape index (κ3) is 5.29. The molecular weight excluding hydrogens is 344 g/mol. The van der Waals surface area contributed by atoms with Crippen LogP contribution in [-0.2, 0) is 11.3 Å². The first-order valence-corrected chi connectivity index (χ1v) is 9.32. The van der Waals surface area contributed by atoms with Crippen molar-refractivity contribution in [2.24, 2.45) is 0 Å². The Morgan fingerprint density at radius 3 is 2.81 bits per heavy atom. The van der Waals surface area contributed by atoms with Crippen molar-refractivity contribution in [3.63, 3.8) is 0 Å². The van der Waals surface area contributed by atoms with Crippen LogP contribution in [0.1, 0.15) is 30.9 Å². The molecule has 144 valence electrons. The highest BCUT2D eigenvalue weighted by atomic mass is 16.6. The minimum Gasteiger partial charge on any atom is -0.450 e. The summed E-state index contributed by atoms with van der Waals surface area (Å²) in [6.07, 6.45) is 3.07. The molecule has 1 saturated heterocycles. The van der Waals surface area contributed by atoms with Crippen LogP contribution >= 0.6 is 0 Å². The van der Waals surface area contributed by atoms with Crippen molar-refractivity contribution < 1.29 is 9.53 Å². The van der Waals surface area contributed by atoms with Gasteiger partial charge in [0.1, 0.15) is 0 Å². The monoisotopic (exact) mass is 370 g/mol. The Hall–Kier alpha value is -2.90. The van der Waals surface area contributed by atoms with E-state index < -0.39 is 0 Å². The number of anilines is 2. The fraction of sp³-hybridized carbons (Fsp3) is 0.474. The van der Waals surface area contributed by atoms with E-state index in [1.54, 1.807) is 11.1 Å². The zero-order valence-corrected chi connectivity index (χ0v) is 15.8. The topological polar surface area (TPSA) is 92.3 Å². The molecule has 1 amide bonds. The Morgan fingerprint density at radius 2 is 2.07 bits per heavy atom. The van der Waals surface area contributed by atoms with Gasteiger partial charge in [0.15, 0.2) is 5.82 Å². The zero-order chi connectivity index (χ0) is 19.1. The lowest BCUT2D eigenvalue weighted by Crippen LogP contribution is -2.42. The van der Waals surface area contributed by atoms with Crippen molar-refractivity contribution in [2.75, 3.05) is 30.3 Å². The van der Waals surface area contributed by atoms with Crippen LogP contribution in [0.2, 0.25) is 0 Å². The van der Waals surface area contributed by atoms with Gasteiger partial charge in [0.05, 0.1) is 12.8 Å². The number of hydrogen-bond donors (Lipinski definition) is 2. The van der Waals surface area contributed by atoms with Crippen LogP contribution in [0, 0.1) is 6.92 Å². The normalized spacial score (nSPS) is 14.7. The fourth-order valence-corrected chi connectivity index (χ4v) is 3.06. The van der Waals surface area contributed by atoms with E-state index in [1.165, 1.54) is 11.1 Å². The lowest BCUT2D eigenvalue weighted by Gasteiger charge is -2.31. The Bertz CT molecular complexity index is 761. The van der Waals surface area contributed by atoms with E-state index in [-0.39, 0.29) is 12.1 Å². The van der Waals surface area contributed by atoms with Crippen LogP contribution in [0.4, 0.5) is 16.6 Å². The molecule has 27 heavy (non-hydrogen) atoms. The van der Waals surface area contributed by atoms with E-state index >= 15 is 0 Å². The van der Waals surface area contributed by atoms with Gasteiger partial charge in [-0.2, -0.15) is 10.1 Å². The molecule has 3 rings (SSSR count). The summed E-state index contributed by atoms with van der Waals surface area (Å²) in [6.45, 7) is 6.30. The molecule has 1 aliphatic heterocycles. The number of aryl methyl sites for hydroxylation is 1. The number of carbonyl (C=O) groups is 1. The second-order valence-corrected chi connectivity index (χ2v) is 6.55. The first-order valence-electron chi connectivity index (χ1n) is 9.32. The quantitative estimate of drug-likeness (QED) is 0.808. The maximum Gasteiger partial charge on any atom is 0.409 e. The van der Waals surface area contributed by atoms with Crippen molar-refractivity contribution >= 4 is 17.9 Å². The Kier molecular flexibility index (Phi) is 6.40. The van der Waals surface area contributed by atoms with Gasteiger partial charge in [-0.25, -0.2) is 4.79 Å². The molecular formula is C19H26N6O2. The molecule has 1 aromatic carbocycles. The van der Waals surface area contributed by atoms with Gasteiger partial charge in [-0.1, -0.05) is 24.3 Å². The Labute approximate surface area is 159 Å². The summed E-state index contributed by atoms with van der Waals surface area (Å²) < 4.78 is 5.05. The maximum absolute atomic E-state index is 11.8. The number of ether oxygens (including phenoxy) is 1. The van der Waals surface area contributed by atoms with Gasteiger partial charge in [0.25, 0.3) is 0 Å². The van der Waals surface area contributed by atoms with Gasteiger partial charge in [-0.3, -0.25) is 0 Å². The van der Waals surface area contributed by atoms with Crippen molar-refractivity contribution in [1.29, 1.82) is 0 Å². The van der Waals surface area contributed by atoms with Gasteiger partial charge in [0.2, 0.25) is 5.95 Å². The third-order valence-corrected chi connectivity index (χ3v) is 4.63. The second-order valence-electron chi connectivity index (χ2n) is 6.55. The smallest absolute Gasteiger partial charge is 0.409 e. The Balaban J connectivity index is 1.51. The average molecular weight is 370 g/mol. The molecule has 2 aromatic rings. The SMILES string of the molecule is CCOC(=O)N1CCC(Nc2cnnc(NCc3ccccc3C)n2)CC1. The van der Waals surface area contributed by atoms with E-state index in [0.717, 1.165) is 12.8 Å². The van der Waals surface area contributed by atoms with Crippen molar-refractivity contribution in [3.8, 4) is 0 Å². The molecule has 8 nitrogen and oxygen atoms in total. The molecule has 0 bridgehead atoms. The largest absolute Gasteiger partial charge is 0.450 e. The number of benzene rings is 1. The molecule has 0 saturated carbocycles. The van der Waals surface area contributed by atoms with Gasteiger partial charge in [0, 0.05) is 25.7 Å². The summed E-state index contributed by atoms with van der Waals surface area (Å²) in [6, 6.07) is 8.45. The summed E-state index contributed by atoms with van der Waals surface area (Å²) in [5.41, 5.74) is 2.42. The van der Waals surface area contributed by atoms with Gasteiger partial charge < -0.3 is 20.3 Å². The highest BCUT2D eigenvalue weighted by Crippen LogP contribution is 2.16. The molecule has 0 unspecified atom stereocenters. The highest BCUT2D eigenvalue weighted by Gasteiger charge is 2.23. The van der Waals surface area contributed by atoms with Gasteiger partial charge in [-0.15, -0.1) is 5.10 Å². The lowest BCUT2D eigenvalue weighted by atomic mass is 10.1. The standard InChI is InChI=1S/C19H26N6O2/c1-3-27-19(26)25-10-8-16(9-11-25)22-17-13-21-24-18(23-17)20-12-15-7-5-4-6-14(15)2/h4-7,13,16H,3,8-12H2,1-2H3,(H2,20,22,23,24). The number of hydrogen-bond acceptors (Lipinski definition) is 7. The molecule has 2 heterocycles. The van der Waals surface area contributed by atoms with Crippen LogP contribution in [0.3, 0.4) is 0 Å². The highest BCUT2D eigenvalue weighted by molar-refractivity contribution is 5.67. The number of aromatic nitrogens is 3. The number of amides is 1. The Morgan fingerprint density at radius 1 is 1.30 bits per heavy atom. The van der Waals surface area contributed by atoms with E-state index in [2.05, 4.69) is 44.9 Å². The van der Waals surface area contributed by atoms with Crippen molar-refractivity contribution in [1.82, 2.24) is 20.1 Å². The zero-order valence-electron chi connectivity index (χ0n) is 15.8. The summed E-state index contributed by atoms with van der Waals surface area (Å²) in [5.74, 6) is 1.18. The molecule has 2 N–H and O–H groups in total. The maximum atomic E-state index is 11.8. The van der Waals surface area contributed by atoms with Gasteiger partial charge >= 0.3 is 6.09 Å². The lowest BCUT2D eigenvalue weighted by molar-refractivity contribution is 0.0983. The van der Waals surface area contributed by atoms with Gasteiger partial charge in [-0.05, 0) is 37.8 Å². The summed E-state index contributed by atoms with van der Waals surface area (Å²) in [4.78, 5) is 18.0. The van der Waals surface area contributed by atoms with Crippen LogP contribution in [0.15, 0.2) is 30.5 Å². The van der Waals surface area contributed by atoms with Crippen LogP contribution in [-0.4, -0.2) is 51.9 Å². The number of carbonyl (C=O) groups excluding carboxylic acids is 1. The number of piperidine rings is 1. The minimum atomic E-state index is -0.234. The third-order valence-electron chi connectivity index (χ3n) is 4.63. The number of rotatable bonds is 6. The molecule has 0 aliphatic carbocycles. The molecule has 0 radical (unpaired) electrons. The number of nitrogens with one attached hydrogen (secondary N) is 2. The first kappa shape index (κ1) is 18.9. The number of nitrogens with zero attached hydrogens (tertiary/aromatic N) is 4. The second kappa shape index (κ2) is 9.16. The van der Waals surface area contributed by atoms with Crippen LogP contribution < -0.4 is 10.6 Å². The van der Waals surface area contributed by atoms with E-state index in [4.69, 9.17) is 4.74 Å². The van der Waals surface area contributed by atoms with Crippen molar-refractivity contribution in [2.45, 2.75) is 39.3 Å². The number of likely N-dealkylation sites (tertiary alicyclic amines) is 1. The summed E-state index contributed by atoms with van der Waals surface area (Å²) in [7, 11) is 0. The first-order chi connectivity index (χ1) is 13.2. The van der Waals surface area contributed by atoms with Crippen LogP contribution in [0.5, 0.6) is 0 Å². The van der Waals surface area contributed by atoms with Crippen LogP contribution in [0.25, 0.3) is 0 Å². The fourth-order valence-electron chi connectivity index (χ4n) is 3.06. The average Bonchev–Trinajstić information content (AvgIpc) is 2.68. The predicted molar refractivity (Wildman–Crippen MR) is 104 cm³/mol. The van der Waals surface area contributed by atoms with E-state index in [9.17, 15) is 4.79 Å². The van der Waals surface area contributed by atoms with E-state index in [0.29, 0.717) is 38.0 Å². The van der Waals surface area contributed by atoms with Crippen molar-refractivity contribution in [3.05, 3.63) is 41.6 Å². The predicted octanol–water partition coefficient (Wildman–Crippen LogP) is 2.82. The molecule has 1 aliphatic rings. The molecule has 0 atom stereocenters.